The Kier molecular flexibility index (Phi) is 5.07. The van der Waals surface area contributed by atoms with Crippen molar-refractivity contribution < 1.29 is 65.1 Å². The van der Waals surface area contributed by atoms with Crippen LogP contribution < -0.4 is 0 Å². The van der Waals surface area contributed by atoms with E-state index in [2.05, 4.69) is 0 Å². The molecule has 0 bridgehead atoms. The number of carboxylic acids is 2. The summed E-state index contributed by atoms with van der Waals surface area (Å²) in [5.74, 6) is -34.0. The van der Waals surface area contributed by atoms with Gasteiger partial charge in [-0.2, -0.15) is 35.1 Å². The third-order valence-electron chi connectivity index (χ3n) is 2.39. The van der Waals surface area contributed by atoms with E-state index in [4.69, 9.17) is 20.4 Å². The van der Waals surface area contributed by atoms with Crippen LogP contribution in [0.2, 0.25) is 0 Å². The van der Waals surface area contributed by atoms with E-state index in [-0.39, 0.29) is 0 Å². The summed E-state index contributed by atoms with van der Waals surface area (Å²) in [4.78, 5) is 19.9. The molecule has 14 heteroatoms. The number of rotatable bonds is 7. The van der Waals surface area contributed by atoms with E-state index in [9.17, 15) is 44.7 Å². The van der Waals surface area contributed by atoms with Gasteiger partial charge in [-0.3, -0.25) is 0 Å². The molecule has 0 aromatic heterocycles. The topological polar surface area (TPSA) is 115 Å². The highest BCUT2D eigenvalue weighted by molar-refractivity contribution is 5.74. The fourth-order valence-electron chi connectivity index (χ4n) is 1.07. The summed E-state index contributed by atoms with van der Waals surface area (Å²) < 4.78 is 104. The number of aliphatic carboxylic acids is 2. The molecule has 0 aliphatic carbocycles. The van der Waals surface area contributed by atoms with Crippen LogP contribution in [0.4, 0.5) is 35.1 Å². The quantitative estimate of drug-likeness (QED) is 0.495. The van der Waals surface area contributed by atoms with Gasteiger partial charge in [0.25, 0.3) is 0 Å². The lowest BCUT2D eigenvalue weighted by molar-refractivity contribution is -0.387. The van der Waals surface area contributed by atoms with Crippen LogP contribution in [-0.2, 0) is 9.59 Å². The Balaban J connectivity index is 6.06. The van der Waals surface area contributed by atoms with Crippen molar-refractivity contribution in [2.75, 3.05) is 0 Å². The molecule has 0 rings (SSSR count). The third-order valence-corrected chi connectivity index (χ3v) is 2.39. The van der Waals surface area contributed by atoms with E-state index in [0.29, 0.717) is 0 Å². The summed E-state index contributed by atoms with van der Waals surface area (Å²) in [5, 5.41) is 32.4. The molecule has 22 heavy (non-hydrogen) atoms. The van der Waals surface area contributed by atoms with Gasteiger partial charge in [-0.1, -0.05) is 0 Å². The van der Waals surface area contributed by atoms with Crippen LogP contribution in [0.3, 0.4) is 0 Å². The van der Waals surface area contributed by atoms with Gasteiger partial charge in [0.2, 0.25) is 12.2 Å². The molecule has 0 aromatic carbocycles. The summed E-state index contributed by atoms with van der Waals surface area (Å²) >= 11 is 0. The van der Waals surface area contributed by atoms with Gasteiger partial charge >= 0.3 is 35.6 Å². The van der Waals surface area contributed by atoms with Crippen LogP contribution in [0, 0.1) is 0 Å². The average molecular weight is 350 g/mol. The van der Waals surface area contributed by atoms with Crippen LogP contribution in [0.25, 0.3) is 0 Å². The first-order chi connectivity index (χ1) is 9.46. The largest absolute Gasteiger partial charge is 0.479 e. The smallest absolute Gasteiger partial charge is 0.381 e. The zero-order chi connectivity index (χ0) is 18.3. The Labute approximate surface area is 114 Å². The predicted octanol–water partition coefficient (Wildman–Crippen LogP) is 0.419. The first-order valence-electron chi connectivity index (χ1n) is 4.79. The molecule has 0 aromatic rings. The third kappa shape index (κ3) is 2.67. The van der Waals surface area contributed by atoms with Gasteiger partial charge in [0.1, 0.15) is 0 Å². The van der Waals surface area contributed by atoms with Crippen molar-refractivity contribution in [1.82, 2.24) is 0 Å². The number of carboxylic acid groups (broad SMARTS) is 2. The minimum absolute atomic E-state index is 3.14. The van der Waals surface area contributed by atoms with Crippen LogP contribution in [0.1, 0.15) is 0 Å². The second kappa shape index (κ2) is 5.49. The summed E-state index contributed by atoms with van der Waals surface area (Å²) in [6.45, 7) is 0. The zero-order valence-electron chi connectivity index (χ0n) is 9.78. The second-order valence-electron chi connectivity index (χ2n) is 3.88. The van der Waals surface area contributed by atoms with E-state index in [1.807, 2.05) is 0 Å². The van der Waals surface area contributed by atoms with E-state index >= 15 is 0 Å². The molecular weight excluding hydrogens is 344 g/mol. The molecule has 0 saturated carbocycles. The van der Waals surface area contributed by atoms with E-state index in [1.54, 1.807) is 0 Å². The Bertz CT molecular complexity index is 422. The Morgan fingerprint density at radius 3 is 0.955 bits per heavy atom. The summed E-state index contributed by atoms with van der Waals surface area (Å²) in [6.07, 6.45) is -9.02. The van der Waals surface area contributed by atoms with Gasteiger partial charge < -0.3 is 20.4 Å². The normalized spacial score (nSPS) is 17.0. The van der Waals surface area contributed by atoms with Gasteiger partial charge in [-0.15, -0.1) is 0 Å². The minimum Gasteiger partial charge on any atom is -0.479 e. The number of hydrogen-bond donors (Lipinski definition) is 4. The van der Waals surface area contributed by atoms with Crippen molar-refractivity contribution in [2.45, 2.75) is 35.9 Å². The highest BCUT2D eigenvalue weighted by Gasteiger charge is 2.84. The molecule has 4 N–H and O–H groups in total. The van der Waals surface area contributed by atoms with Gasteiger partial charge in [-0.25, -0.2) is 9.59 Å². The average Bonchev–Trinajstić information content (AvgIpc) is 2.35. The van der Waals surface area contributed by atoms with Gasteiger partial charge in [-0.05, 0) is 0 Å². The fourth-order valence-corrected chi connectivity index (χ4v) is 1.07. The molecular formula is C8H6F8O6. The Hall–Kier alpha value is -1.70. The first kappa shape index (κ1) is 20.3. The number of hydrogen-bond acceptors (Lipinski definition) is 4. The fraction of sp³-hybridized carbons (Fsp3) is 0.750. The molecule has 0 heterocycles. The molecule has 0 aliphatic heterocycles. The van der Waals surface area contributed by atoms with Gasteiger partial charge in [0.05, 0.1) is 0 Å². The lowest BCUT2D eigenvalue weighted by Gasteiger charge is -2.38. The number of aliphatic hydroxyl groups excluding tert-OH is 2. The maximum atomic E-state index is 13.0. The van der Waals surface area contributed by atoms with Crippen LogP contribution >= 0.6 is 0 Å². The van der Waals surface area contributed by atoms with Crippen molar-refractivity contribution >= 4 is 11.9 Å². The zero-order valence-corrected chi connectivity index (χ0v) is 9.78. The summed E-state index contributed by atoms with van der Waals surface area (Å²) in [5.41, 5.74) is 0. The lowest BCUT2D eigenvalue weighted by Crippen LogP contribution is -2.69. The molecule has 130 valence electrons. The lowest BCUT2D eigenvalue weighted by atomic mass is 9.92. The van der Waals surface area contributed by atoms with E-state index in [0.717, 1.165) is 0 Å². The standard InChI is InChI=1S/C8H6F8O6/c9-5(10,1(17)3(19)20)7(13,14)8(15,16)6(11,12)2(18)4(21)22/h1-2,17-18H,(H,19,20)(H,21,22)/t1-,2+. The molecule has 0 spiro atoms. The summed E-state index contributed by atoms with van der Waals surface area (Å²) in [6, 6.07) is 0. The highest BCUT2D eigenvalue weighted by Crippen LogP contribution is 2.54. The van der Waals surface area contributed by atoms with E-state index < -0.39 is 47.8 Å². The molecule has 2 atom stereocenters. The van der Waals surface area contributed by atoms with Gasteiger partial charge in [0.15, 0.2) is 0 Å². The monoisotopic (exact) mass is 350 g/mol. The van der Waals surface area contributed by atoms with Crippen LogP contribution in [0.15, 0.2) is 0 Å². The highest BCUT2D eigenvalue weighted by atomic mass is 19.4. The molecule has 6 nitrogen and oxygen atoms in total. The predicted molar refractivity (Wildman–Crippen MR) is 47.1 cm³/mol. The number of carbonyl (C=O) groups is 2. The maximum absolute atomic E-state index is 13.0. The second-order valence-corrected chi connectivity index (χ2v) is 3.88. The SMILES string of the molecule is O=C(O)[C@@H](O)C(F)(F)C(F)(F)C(F)(F)C(F)(F)[C@@H](O)C(=O)O. The molecule has 0 aliphatic rings. The van der Waals surface area contributed by atoms with E-state index in [1.165, 1.54) is 0 Å². The van der Waals surface area contributed by atoms with Crippen molar-refractivity contribution in [1.29, 1.82) is 0 Å². The molecule has 0 saturated heterocycles. The maximum Gasteiger partial charge on any atom is 0.381 e. The molecule has 0 unspecified atom stereocenters. The molecule has 0 fully saturated rings. The number of halogens is 8. The van der Waals surface area contributed by atoms with Crippen LogP contribution in [-0.4, -0.2) is 68.3 Å². The number of alkyl halides is 8. The van der Waals surface area contributed by atoms with Crippen molar-refractivity contribution in [3.63, 3.8) is 0 Å². The number of aliphatic hydroxyl groups is 2. The van der Waals surface area contributed by atoms with Crippen molar-refractivity contribution in [3.8, 4) is 0 Å². The first-order valence-corrected chi connectivity index (χ1v) is 4.79. The molecule has 0 amide bonds. The Morgan fingerprint density at radius 2 is 0.818 bits per heavy atom. The van der Waals surface area contributed by atoms with Crippen LogP contribution in [0.5, 0.6) is 0 Å². The minimum atomic E-state index is -7.22. The van der Waals surface area contributed by atoms with Crippen molar-refractivity contribution in [2.24, 2.45) is 0 Å². The van der Waals surface area contributed by atoms with Gasteiger partial charge in [0, 0.05) is 0 Å². The molecule has 0 radical (unpaired) electrons. The van der Waals surface area contributed by atoms with Crippen molar-refractivity contribution in [3.05, 3.63) is 0 Å². The summed E-state index contributed by atoms with van der Waals surface area (Å²) in [7, 11) is 0. The Morgan fingerprint density at radius 1 is 0.636 bits per heavy atom.